The Morgan fingerprint density at radius 1 is 1.14 bits per heavy atom. The van der Waals surface area contributed by atoms with Crippen LogP contribution in [0.3, 0.4) is 0 Å². The lowest BCUT2D eigenvalue weighted by Crippen LogP contribution is -2.37. The second-order valence-corrected chi connectivity index (χ2v) is 8.99. The molecule has 6 nitrogen and oxygen atoms in total. The van der Waals surface area contributed by atoms with Gasteiger partial charge in [-0.3, -0.25) is 13.9 Å². The molecular formula is C21H18BrN3O3S. The number of nitrogens with zero attached hydrogens (tertiary/aromatic N) is 3. The van der Waals surface area contributed by atoms with Crippen molar-refractivity contribution in [2.75, 3.05) is 6.61 Å². The van der Waals surface area contributed by atoms with Crippen molar-refractivity contribution in [2.45, 2.75) is 12.6 Å². The third kappa shape index (κ3) is 2.70. The summed E-state index contributed by atoms with van der Waals surface area (Å²) in [5.74, 6) is 0. The zero-order valence-electron chi connectivity index (χ0n) is 15.9. The summed E-state index contributed by atoms with van der Waals surface area (Å²) in [4.78, 5) is 27.1. The highest BCUT2D eigenvalue weighted by Crippen LogP contribution is 2.41. The molecule has 0 fully saturated rings. The molecule has 0 amide bonds. The fourth-order valence-corrected chi connectivity index (χ4v) is 5.35. The molecule has 5 rings (SSSR count). The average Bonchev–Trinajstić information content (AvgIpc) is 3.36. The number of halogens is 1. The minimum absolute atomic E-state index is 0.287. The zero-order valence-corrected chi connectivity index (χ0v) is 18.3. The quantitative estimate of drug-likeness (QED) is 0.448. The summed E-state index contributed by atoms with van der Waals surface area (Å²) in [5.41, 5.74) is 2.64. The Bertz CT molecular complexity index is 1360. The monoisotopic (exact) mass is 471 g/mol. The van der Waals surface area contributed by atoms with Crippen LogP contribution in [0.2, 0.25) is 0 Å². The minimum Gasteiger partial charge on any atom is -0.364 e. The molecule has 0 spiro atoms. The van der Waals surface area contributed by atoms with Crippen LogP contribution in [0, 0.1) is 0 Å². The molecule has 0 aliphatic carbocycles. The van der Waals surface area contributed by atoms with Crippen molar-refractivity contribution in [3.8, 4) is 11.3 Å². The van der Waals surface area contributed by atoms with E-state index in [0.717, 1.165) is 26.3 Å². The van der Waals surface area contributed by atoms with E-state index in [0.29, 0.717) is 24.1 Å². The Hall–Kier alpha value is -2.42. The van der Waals surface area contributed by atoms with Crippen molar-refractivity contribution in [1.82, 2.24) is 13.7 Å². The van der Waals surface area contributed by atoms with Gasteiger partial charge < -0.3 is 9.30 Å². The summed E-state index contributed by atoms with van der Waals surface area (Å²) in [6, 6.07) is 11.9. The Kier molecular flexibility index (Phi) is 4.38. The molecule has 1 atom stereocenters. The number of rotatable bonds is 2. The van der Waals surface area contributed by atoms with E-state index < -0.39 is 0 Å². The first kappa shape index (κ1) is 18.6. The Balaban J connectivity index is 1.99. The number of thiophene rings is 1. The average molecular weight is 472 g/mol. The van der Waals surface area contributed by atoms with E-state index in [9.17, 15) is 9.59 Å². The predicted octanol–water partition coefficient (Wildman–Crippen LogP) is 3.65. The smallest absolute Gasteiger partial charge is 0.331 e. The molecule has 0 N–H and O–H groups in total. The van der Waals surface area contributed by atoms with Gasteiger partial charge in [-0.15, -0.1) is 11.3 Å². The zero-order chi connectivity index (χ0) is 20.3. The fraction of sp³-hybridized carbons (Fsp3) is 0.238. The van der Waals surface area contributed by atoms with Gasteiger partial charge in [-0.2, -0.15) is 0 Å². The maximum absolute atomic E-state index is 13.3. The largest absolute Gasteiger partial charge is 0.364 e. The van der Waals surface area contributed by atoms with Gasteiger partial charge in [0.1, 0.15) is 6.10 Å². The molecule has 1 aromatic carbocycles. The van der Waals surface area contributed by atoms with Crippen molar-refractivity contribution >= 4 is 38.2 Å². The number of fused-ring (bicyclic) bond motifs is 3. The normalized spacial score (nSPS) is 16.3. The van der Waals surface area contributed by atoms with Crippen LogP contribution in [-0.4, -0.2) is 20.3 Å². The van der Waals surface area contributed by atoms with Gasteiger partial charge in [-0.25, -0.2) is 4.79 Å². The highest BCUT2D eigenvalue weighted by atomic mass is 79.9. The standard InChI is InChI=1S/C21H18BrN3O3S/c1-23-17-15(20(26)24(2)21(23)27)16(12-5-3-6-13(22)11-12)25-8-9-28-19(18(17)25)14-7-4-10-29-14/h3-7,10-11,19H,8-9H2,1-2H3/t19-/m0/s1. The van der Waals surface area contributed by atoms with Crippen molar-refractivity contribution in [3.05, 3.63) is 77.7 Å². The third-order valence-electron chi connectivity index (χ3n) is 5.45. The first-order valence-corrected chi connectivity index (χ1v) is 10.9. The number of aryl methyl sites for hydroxylation is 1. The van der Waals surface area contributed by atoms with Crippen LogP contribution >= 0.6 is 27.3 Å². The van der Waals surface area contributed by atoms with E-state index in [1.807, 2.05) is 41.8 Å². The molecule has 0 radical (unpaired) electrons. The van der Waals surface area contributed by atoms with E-state index in [2.05, 4.69) is 20.5 Å². The first-order chi connectivity index (χ1) is 14.0. The third-order valence-corrected chi connectivity index (χ3v) is 6.86. The Morgan fingerprint density at radius 3 is 2.69 bits per heavy atom. The van der Waals surface area contributed by atoms with Gasteiger partial charge in [-0.05, 0) is 23.6 Å². The van der Waals surface area contributed by atoms with Crippen LogP contribution in [0.5, 0.6) is 0 Å². The van der Waals surface area contributed by atoms with E-state index in [1.165, 1.54) is 11.6 Å². The highest BCUT2D eigenvalue weighted by molar-refractivity contribution is 9.10. The summed E-state index contributed by atoms with van der Waals surface area (Å²) in [5, 5.41) is 2.56. The lowest BCUT2D eigenvalue weighted by Gasteiger charge is -2.26. The molecule has 4 aromatic rings. The van der Waals surface area contributed by atoms with Gasteiger partial charge in [-0.1, -0.05) is 34.1 Å². The van der Waals surface area contributed by atoms with E-state index in [1.54, 1.807) is 23.0 Å². The van der Waals surface area contributed by atoms with Crippen molar-refractivity contribution in [2.24, 2.45) is 14.1 Å². The predicted molar refractivity (Wildman–Crippen MR) is 118 cm³/mol. The van der Waals surface area contributed by atoms with Gasteiger partial charge in [0.2, 0.25) is 0 Å². The molecule has 148 valence electrons. The number of benzene rings is 1. The van der Waals surface area contributed by atoms with Crippen LogP contribution in [0.15, 0.2) is 55.8 Å². The molecule has 0 saturated carbocycles. The first-order valence-electron chi connectivity index (χ1n) is 9.22. The van der Waals surface area contributed by atoms with E-state index >= 15 is 0 Å². The number of aromatic nitrogens is 3. The van der Waals surface area contributed by atoms with Gasteiger partial charge >= 0.3 is 5.69 Å². The minimum atomic E-state index is -0.341. The topological polar surface area (TPSA) is 58.2 Å². The Labute approximate surface area is 178 Å². The molecule has 0 saturated heterocycles. The van der Waals surface area contributed by atoms with Crippen LogP contribution < -0.4 is 11.2 Å². The van der Waals surface area contributed by atoms with Crippen LogP contribution in [-0.2, 0) is 25.4 Å². The van der Waals surface area contributed by atoms with Gasteiger partial charge in [0.15, 0.2) is 0 Å². The van der Waals surface area contributed by atoms with Crippen molar-refractivity contribution in [1.29, 1.82) is 0 Å². The van der Waals surface area contributed by atoms with Gasteiger partial charge in [0, 0.05) is 35.6 Å². The molecule has 3 aromatic heterocycles. The number of hydrogen-bond donors (Lipinski definition) is 0. The number of hydrogen-bond acceptors (Lipinski definition) is 4. The second-order valence-electron chi connectivity index (χ2n) is 7.09. The molecular weight excluding hydrogens is 454 g/mol. The van der Waals surface area contributed by atoms with Gasteiger partial charge in [0.05, 0.1) is 28.9 Å². The molecule has 29 heavy (non-hydrogen) atoms. The summed E-state index contributed by atoms with van der Waals surface area (Å²) in [6.45, 7) is 1.15. The molecule has 8 heteroatoms. The van der Waals surface area contributed by atoms with E-state index in [-0.39, 0.29) is 17.4 Å². The van der Waals surface area contributed by atoms with E-state index in [4.69, 9.17) is 4.74 Å². The fourth-order valence-electron chi connectivity index (χ4n) is 4.17. The summed E-state index contributed by atoms with van der Waals surface area (Å²) in [7, 11) is 3.24. The lowest BCUT2D eigenvalue weighted by atomic mass is 10.1. The highest BCUT2D eigenvalue weighted by Gasteiger charge is 2.33. The summed E-state index contributed by atoms with van der Waals surface area (Å²) in [6.07, 6.45) is -0.315. The molecule has 0 unspecified atom stereocenters. The SMILES string of the molecule is Cn1c(=O)c2c(-c3cccc(Br)c3)n3c(c2n(C)c1=O)[C@H](c1cccs1)OCC3. The summed E-state index contributed by atoms with van der Waals surface area (Å²) >= 11 is 5.15. The maximum Gasteiger partial charge on any atom is 0.331 e. The van der Waals surface area contributed by atoms with Gasteiger partial charge in [0.25, 0.3) is 5.56 Å². The molecule has 1 aliphatic rings. The molecule has 4 heterocycles. The van der Waals surface area contributed by atoms with Crippen LogP contribution in [0.1, 0.15) is 16.7 Å². The van der Waals surface area contributed by atoms with Crippen LogP contribution in [0.25, 0.3) is 22.2 Å². The maximum atomic E-state index is 13.3. The Morgan fingerprint density at radius 2 is 1.97 bits per heavy atom. The van der Waals surface area contributed by atoms with Crippen LogP contribution in [0.4, 0.5) is 0 Å². The molecule has 1 aliphatic heterocycles. The molecule has 0 bridgehead atoms. The van der Waals surface area contributed by atoms with Crippen molar-refractivity contribution < 1.29 is 4.74 Å². The summed E-state index contributed by atoms with van der Waals surface area (Å²) < 4.78 is 12.0. The second kappa shape index (κ2) is 6.83. The van der Waals surface area contributed by atoms with Crippen molar-refractivity contribution in [3.63, 3.8) is 0 Å². The lowest BCUT2D eigenvalue weighted by molar-refractivity contribution is 0.0500. The number of ether oxygens (including phenoxy) is 1.